The first-order chi connectivity index (χ1) is 15.5. The molecule has 0 aliphatic carbocycles. The third kappa shape index (κ3) is 5.57. The van der Waals surface area contributed by atoms with E-state index in [9.17, 15) is 8.42 Å². The van der Waals surface area contributed by atoms with Gasteiger partial charge in [0.2, 0.25) is 0 Å². The molecule has 1 aromatic rings. The molecule has 32 heavy (non-hydrogen) atoms. The van der Waals surface area contributed by atoms with Gasteiger partial charge in [-0.15, -0.1) is 0 Å². The number of nitrogens with zero attached hydrogens (tertiary/aromatic N) is 2. The van der Waals surface area contributed by atoms with Crippen LogP contribution in [0.1, 0.15) is 64.4 Å². The van der Waals surface area contributed by atoms with Crippen LogP contribution in [0.2, 0.25) is 0 Å². The zero-order chi connectivity index (χ0) is 23.0. The monoisotopic (exact) mass is 452 g/mol. The van der Waals surface area contributed by atoms with Crippen molar-refractivity contribution in [1.82, 2.24) is 4.31 Å². The summed E-state index contributed by atoms with van der Waals surface area (Å²) in [4.78, 5) is 4.67. The van der Waals surface area contributed by atoms with Gasteiger partial charge < -0.3 is 0 Å². The molecule has 0 saturated carbocycles. The smallest absolute Gasteiger partial charge is 0.260 e. The molecule has 0 spiro atoms. The molecule has 0 amide bonds. The molecule has 1 atom stereocenters. The number of rotatable bonds is 8. The number of sulfonamides is 1. The summed E-state index contributed by atoms with van der Waals surface area (Å²) in [6.07, 6.45) is 15.0. The second kappa shape index (κ2) is 11.6. The van der Waals surface area contributed by atoms with Crippen molar-refractivity contribution >= 4 is 15.1 Å². The van der Waals surface area contributed by atoms with E-state index in [4.69, 9.17) is 0 Å². The number of benzene rings is 1. The van der Waals surface area contributed by atoms with Crippen LogP contribution >= 0.6 is 0 Å². The third-order valence-electron chi connectivity index (χ3n) is 6.12. The second-order valence-electron chi connectivity index (χ2n) is 8.47. The van der Waals surface area contributed by atoms with Crippen molar-refractivity contribution in [2.75, 3.05) is 19.6 Å². The van der Waals surface area contributed by atoms with Crippen molar-refractivity contribution in [3.63, 3.8) is 0 Å². The second-order valence-corrected chi connectivity index (χ2v) is 10.3. The Morgan fingerprint density at radius 3 is 2.50 bits per heavy atom. The quantitative estimate of drug-likeness (QED) is 0.350. The van der Waals surface area contributed by atoms with Gasteiger partial charge in [-0.25, -0.2) is 8.42 Å². The van der Waals surface area contributed by atoms with E-state index in [1.165, 1.54) is 0 Å². The van der Waals surface area contributed by atoms with E-state index in [1.54, 1.807) is 4.31 Å². The maximum atomic E-state index is 13.8. The summed E-state index contributed by atoms with van der Waals surface area (Å²) in [5.41, 5.74) is 4.19. The lowest BCUT2D eigenvalue weighted by atomic mass is 9.83. The predicted octanol–water partition coefficient (Wildman–Crippen LogP) is 6.17. The zero-order valence-corrected chi connectivity index (χ0v) is 20.4. The van der Waals surface area contributed by atoms with Gasteiger partial charge in [0, 0.05) is 24.6 Å². The van der Waals surface area contributed by atoms with Crippen molar-refractivity contribution in [1.29, 1.82) is 0 Å². The summed E-state index contributed by atoms with van der Waals surface area (Å²) in [5.74, 6) is -0.141. The van der Waals surface area contributed by atoms with Crippen LogP contribution < -0.4 is 0 Å². The molecule has 0 N–H and O–H groups in total. The normalized spacial score (nSPS) is 19.8. The molecule has 0 radical (unpaired) electrons. The Kier molecular flexibility index (Phi) is 8.83. The predicted molar refractivity (Wildman–Crippen MR) is 135 cm³/mol. The highest BCUT2D eigenvalue weighted by Crippen LogP contribution is 2.40. The number of aliphatic imine (C=N–C) groups is 1. The van der Waals surface area contributed by atoms with Gasteiger partial charge in [-0.05, 0) is 50.7 Å². The van der Waals surface area contributed by atoms with Gasteiger partial charge in [-0.2, -0.15) is 4.31 Å². The Morgan fingerprint density at radius 2 is 1.84 bits per heavy atom. The lowest BCUT2D eigenvalue weighted by Crippen LogP contribution is -2.40. The minimum absolute atomic E-state index is 0.141. The van der Waals surface area contributed by atoms with Crippen LogP contribution in [0.15, 0.2) is 82.4 Å². The summed E-state index contributed by atoms with van der Waals surface area (Å²) in [6.45, 7) is 7.82. The minimum atomic E-state index is -3.63. The van der Waals surface area contributed by atoms with Crippen LogP contribution in [-0.4, -0.2) is 37.4 Å². The lowest BCUT2D eigenvalue weighted by Gasteiger charge is -2.29. The Labute approximate surface area is 194 Å². The summed E-state index contributed by atoms with van der Waals surface area (Å²) < 4.78 is 29.2. The molecular weight excluding hydrogens is 416 g/mol. The zero-order valence-electron chi connectivity index (χ0n) is 19.6. The SMILES string of the molecule is CC=CC=C(C)C(C1=C(CC=CCC)CN=C1S(=O)(=O)N1CCCCC1)c1ccccc1. The average Bonchev–Trinajstić information content (AvgIpc) is 3.23. The molecule has 5 heteroatoms. The largest absolute Gasteiger partial charge is 0.268 e. The molecular formula is C27H36N2O2S. The maximum Gasteiger partial charge on any atom is 0.260 e. The fraction of sp³-hybridized carbons (Fsp3) is 0.444. The molecule has 2 heterocycles. The van der Waals surface area contributed by atoms with Gasteiger partial charge in [0.25, 0.3) is 10.0 Å². The Hall–Kier alpha value is -2.24. The van der Waals surface area contributed by atoms with Crippen molar-refractivity contribution < 1.29 is 8.42 Å². The van der Waals surface area contributed by atoms with E-state index in [-0.39, 0.29) is 11.0 Å². The Balaban J connectivity index is 2.15. The average molecular weight is 453 g/mol. The topological polar surface area (TPSA) is 49.7 Å². The highest BCUT2D eigenvalue weighted by atomic mass is 32.2. The van der Waals surface area contributed by atoms with Gasteiger partial charge in [-0.1, -0.05) is 79.6 Å². The first-order valence-electron chi connectivity index (χ1n) is 11.8. The van der Waals surface area contributed by atoms with Gasteiger partial charge in [0.1, 0.15) is 0 Å². The first-order valence-corrected chi connectivity index (χ1v) is 13.2. The molecule has 1 saturated heterocycles. The van der Waals surface area contributed by atoms with Crippen LogP contribution in [-0.2, 0) is 10.0 Å². The number of hydrogen-bond acceptors (Lipinski definition) is 3. The van der Waals surface area contributed by atoms with E-state index >= 15 is 0 Å². The van der Waals surface area contributed by atoms with Crippen LogP contribution in [0.5, 0.6) is 0 Å². The summed E-state index contributed by atoms with van der Waals surface area (Å²) >= 11 is 0. The molecule has 1 aromatic carbocycles. The van der Waals surface area contributed by atoms with Gasteiger partial charge in [-0.3, -0.25) is 4.99 Å². The van der Waals surface area contributed by atoms with Crippen molar-refractivity contribution in [3.8, 4) is 0 Å². The van der Waals surface area contributed by atoms with Gasteiger partial charge >= 0.3 is 0 Å². The van der Waals surface area contributed by atoms with Crippen LogP contribution in [0, 0.1) is 0 Å². The van der Waals surface area contributed by atoms with Gasteiger partial charge in [0.05, 0.1) is 6.54 Å². The van der Waals surface area contributed by atoms with E-state index in [0.717, 1.165) is 54.4 Å². The van der Waals surface area contributed by atoms with Crippen molar-refractivity contribution in [2.45, 2.75) is 58.8 Å². The van der Waals surface area contributed by atoms with E-state index in [0.29, 0.717) is 19.6 Å². The van der Waals surface area contributed by atoms with E-state index in [2.05, 4.69) is 49.2 Å². The van der Waals surface area contributed by atoms with Gasteiger partial charge in [0.15, 0.2) is 5.04 Å². The molecule has 3 rings (SSSR count). The molecule has 4 nitrogen and oxygen atoms in total. The maximum absolute atomic E-state index is 13.8. The molecule has 172 valence electrons. The minimum Gasteiger partial charge on any atom is -0.268 e. The summed E-state index contributed by atoms with van der Waals surface area (Å²) in [7, 11) is -3.63. The molecule has 2 aliphatic heterocycles. The highest BCUT2D eigenvalue weighted by Gasteiger charge is 2.39. The lowest BCUT2D eigenvalue weighted by molar-refractivity contribution is 0.352. The van der Waals surface area contributed by atoms with Crippen LogP contribution in [0.3, 0.4) is 0 Å². The first kappa shape index (κ1) is 24.4. The Morgan fingerprint density at radius 1 is 1.12 bits per heavy atom. The fourth-order valence-electron chi connectivity index (χ4n) is 4.48. The molecule has 1 fully saturated rings. The molecule has 0 bridgehead atoms. The Bertz CT molecular complexity index is 1020. The summed E-state index contributed by atoms with van der Waals surface area (Å²) in [6, 6.07) is 10.2. The highest BCUT2D eigenvalue weighted by molar-refractivity contribution is 8.05. The number of allylic oxidation sites excluding steroid dienone is 6. The molecule has 2 aliphatic rings. The van der Waals surface area contributed by atoms with Crippen LogP contribution in [0.25, 0.3) is 0 Å². The van der Waals surface area contributed by atoms with E-state index in [1.807, 2.05) is 37.3 Å². The number of hydrogen-bond donors (Lipinski definition) is 0. The third-order valence-corrected chi connectivity index (χ3v) is 8.00. The van der Waals surface area contributed by atoms with E-state index < -0.39 is 10.0 Å². The van der Waals surface area contributed by atoms with Crippen LogP contribution in [0.4, 0.5) is 0 Å². The van der Waals surface area contributed by atoms with Crippen molar-refractivity contribution in [2.24, 2.45) is 4.99 Å². The fourth-order valence-corrected chi connectivity index (χ4v) is 6.23. The summed E-state index contributed by atoms with van der Waals surface area (Å²) in [5, 5.41) is 0.279. The standard InChI is InChI=1S/C27H36N2O2S/c1-4-6-10-18-24-21-28-27(32(30,31)29-19-13-9-14-20-29)26(24)25(22(3)15-7-5-2)23-16-11-8-12-17-23/h5-8,10-12,15-17,25H,4,9,13-14,18-21H2,1-3H3. The number of piperidine rings is 1. The van der Waals surface area contributed by atoms with Crippen molar-refractivity contribution in [3.05, 3.63) is 83.0 Å². The molecule has 0 aromatic heterocycles. The molecule has 1 unspecified atom stereocenters.